The van der Waals surface area contributed by atoms with Crippen molar-refractivity contribution in [2.75, 3.05) is 6.61 Å². The SMILES string of the molecule is C[C@H](NC(=O)c1cccc(C#N)c1)[C@@H]1CCCO1. The summed E-state index contributed by atoms with van der Waals surface area (Å²) in [7, 11) is 0. The first-order valence-electron chi connectivity index (χ1n) is 6.13. The van der Waals surface area contributed by atoms with Crippen LogP contribution in [0, 0.1) is 11.3 Å². The van der Waals surface area contributed by atoms with Crippen LogP contribution in [0.5, 0.6) is 0 Å². The number of hydrogen-bond donors (Lipinski definition) is 1. The summed E-state index contributed by atoms with van der Waals surface area (Å²) in [6, 6.07) is 8.71. The van der Waals surface area contributed by atoms with Gasteiger partial charge in [0.1, 0.15) is 0 Å². The molecule has 0 spiro atoms. The minimum absolute atomic E-state index is 0.00857. The minimum Gasteiger partial charge on any atom is -0.376 e. The van der Waals surface area contributed by atoms with Crippen molar-refractivity contribution in [3.8, 4) is 6.07 Å². The lowest BCUT2D eigenvalue weighted by atomic mass is 10.1. The molecule has 4 heteroatoms. The third-order valence-electron chi connectivity index (χ3n) is 3.14. The molecule has 1 amide bonds. The second-order valence-electron chi connectivity index (χ2n) is 4.51. The van der Waals surface area contributed by atoms with Gasteiger partial charge in [-0.1, -0.05) is 6.07 Å². The molecular formula is C14H16N2O2. The standard InChI is InChI=1S/C14H16N2O2/c1-10(13-6-3-7-18-13)16-14(17)12-5-2-4-11(8-12)9-15/h2,4-5,8,10,13H,3,6-7H2,1H3,(H,16,17)/t10-,13-/m0/s1. The van der Waals surface area contributed by atoms with Crippen LogP contribution in [0.3, 0.4) is 0 Å². The predicted octanol–water partition coefficient (Wildman–Crippen LogP) is 1.86. The van der Waals surface area contributed by atoms with Crippen molar-refractivity contribution < 1.29 is 9.53 Å². The van der Waals surface area contributed by atoms with E-state index in [1.54, 1.807) is 24.3 Å². The van der Waals surface area contributed by atoms with Gasteiger partial charge in [0.2, 0.25) is 0 Å². The highest BCUT2D eigenvalue weighted by Gasteiger charge is 2.23. The van der Waals surface area contributed by atoms with Gasteiger partial charge in [0, 0.05) is 12.2 Å². The maximum atomic E-state index is 12.0. The first-order valence-corrected chi connectivity index (χ1v) is 6.13. The van der Waals surface area contributed by atoms with Crippen molar-refractivity contribution in [3.63, 3.8) is 0 Å². The second-order valence-corrected chi connectivity index (χ2v) is 4.51. The molecule has 1 heterocycles. The zero-order valence-electron chi connectivity index (χ0n) is 10.3. The van der Waals surface area contributed by atoms with E-state index in [2.05, 4.69) is 5.32 Å². The average molecular weight is 244 g/mol. The first kappa shape index (κ1) is 12.6. The smallest absolute Gasteiger partial charge is 0.251 e. The highest BCUT2D eigenvalue weighted by Crippen LogP contribution is 2.15. The molecule has 0 bridgehead atoms. The van der Waals surface area contributed by atoms with Crippen molar-refractivity contribution in [1.29, 1.82) is 5.26 Å². The monoisotopic (exact) mass is 244 g/mol. The van der Waals surface area contributed by atoms with Crippen LogP contribution in [0.1, 0.15) is 35.7 Å². The normalized spacial score (nSPS) is 20.1. The van der Waals surface area contributed by atoms with Gasteiger partial charge in [-0.3, -0.25) is 4.79 Å². The van der Waals surface area contributed by atoms with Gasteiger partial charge < -0.3 is 10.1 Å². The summed E-state index contributed by atoms with van der Waals surface area (Å²) in [6.45, 7) is 2.72. The number of nitriles is 1. The van der Waals surface area contributed by atoms with Gasteiger partial charge >= 0.3 is 0 Å². The molecule has 0 aromatic heterocycles. The summed E-state index contributed by atoms with van der Waals surface area (Å²) in [6.07, 6.45) is 2.14. The van der Waals surface area contributed by atoms with E-state index in [0.29, 0.717) is 11.1 Å². The average Bonchev–Trinajstić information content (AvgIpc) is 2.92. The van der Waals surface area contributed by atoms with E-state index in [-0.39, 0.29) is 18.1 Å². The maximum Gasteiger partial charge on any atom is 0.251 e. The number of hydrogen-bond acceptors (Lipinski definition) is 3. The molecule has 0 aliphatic carbocycles. The van der Waals surface area contributed by atoms with Gasteiger partial charge in [-0.05, 0) is 38.0 Å². The van der Waals surface area contributed by atoms with E-state index >= 15 is 0 Å². The third kappa shape index (κ3) is 2.88. The zero-order valence-corrected chi connectivity index (χ0v) is 10.3. The van der Waals surface area contributed by atoms with E-state index in [0.717, 1.165) is 19.4 Å². The summed E-state index contributed by atoms with van der Waals surface area (Å²) < 4.78 is 5.53. The molecule has 0 radical (unpaired) electrons. The van der Waals surface area contributed by atoms with E-state index in [4.69, 9.17) is 10.00 Å². The van der Waals surface area contributed by atoms with Gasteiger partial charge in [-0.25, -0.2) is 0 Å². The molecule has 0 unspecified atom stereocenters. The molecule has 1 aliphatic heterocycles. The lowest BCUT2D eigenvalue weighted by molar-refractivity contribution is 0.0712. The summed E-state index contributed by atoms with van der Waals surface area (Å²) in [5.74, 6) is -0.157. The van der Waals surface area contributed by atoms with Crippen LogP contribution in [-0.2, 0) is 4.74 Å². The largest absolute Gasteiger partial charge is 0.376 e. The molecular weight excluding hydrogens is 228 g/mol. The fraction of sp³-hybridized carbons (Fsp3) is 0.429. The van der Waals surface area contributed by atoms with Crippen molar-refractivity contribution in [1.82, 2.24) is 5.32 Å². The van der Waals surface area contributed by atoms with Crippen LogP contribution >= 0.6 is 0 Å². The van der Waals surface area contributed by atoms with Crippen molar-refractivity contribution in [2.24, 2.45) is 0 Å². The highest BCUT2D eigenvalue weighted by atomic mass is 16.5. The van der Waals surface area contributed by atoms with Crippen molar-refractivity contribution >= 4 is 5.91 Å². The lowest BCUT2D eigenvalue weighted by Gasteiger charge is -2.20. The first-order chi connectivity index (χ1) is 8.70. The number of ether oxygens (including phenoxy) is 1. The number of carbonyl (C=O) groups excluding carboxylic acids is 1. The maximum absolute atomic E-state index is 12.0. The molecule has 1 aromatic carbocycles. The molecule has 1 fully saturated rings. The molecule has 94 valence electrons. The molecule has 1 aromatic rings. The quantitative estimate of drug-likeness (QED) is 0.882. The number of nitrogens with one attached hydrogen (secondary N) is 1. The Morgan fingerprint density at radius 3 is 3.11 bits per heavy atom. The molecule has 18 heavy (non-hydrogen) atoms. The second kappa shape index (κ2) is 5.65. The fourth-order valence-electron chi connectivity index (χ4n) is 2.11. The van der Waals surface area contributed by atoms with Crippen LogP contribution < -0.4 is 5.32 Å². The Hall–Kier alpha value is -1.86. The van der Waals surface area contributed by atoms with Gasteiger partial charge in [0.05, 0.1) is 23.8 Å². The number of rotatable bonds is 3. The summed E-state index contributed by atoms with van der Waals surface area (Å²) in [5.41, 5.74) is 1.01. The van der Waals surface area contributed by atoms with E-state index in [1.165, 1.54) is 0 Å². The van der Waals surface area contributed by atoms with Crippen molar-refractivity contribution in [3.05, 3.63) is 35.4 Å². The number of carbonyl (C=O) groups is 1. The van der Waals surface area contributed by atoms with Gasteiger partial charge in [-0.15, -0.1) is 0 Å². The minimum atomic E-state index is -0.157. The Morgan fingerprint density at radius 2 is 2.44 bits per heavy atom. The Kier molecular flexibility index (Phi) is 3.96. The summed E-state index contributed by atoms with van der Waals surface area (Å²) in [4.78, 5) is 12.0. The van der Waals surface area contributed by atoms with E-state index < -0.39 is 0 Å². The number of nitrogens with zero attached hydrogens (tertiary/aromatic N) is 1. The van der Waals surface area contributed by atoms with Crippen LogP contribution in [0.25, 0.3) is 0 Å². The zero-order chi connectivity index (χ0) is 13.0. The van der Waals surface area contributed by atoms with Gasteiger partial charge in [-0.2, -0.15) is 5.26 Å². The van der Waals surface area contributed by atoms with Crippen LogP contribution in [0.2, 0.25) is 0 Å². The van der Waals surface area contributed by atoms with Crippen molar-refractivity contribution in [2.45, 2.75) is 31.9 Å². The topological polar surface area (TPSA) is 62.1 Å². The van der Waals surface area contributed by atoms with Crippen LogP contribution in [0.4, 0.5) is 0 Å². The Morgan fingerprint density at radius 1 is 1.61 bits per heavy atom. The van der Waals surface area contributed by atoms with Gasteiger partial charge in [0.25, 0.3) is 5.91 Å². The lowest BCUT2D eigenvalue weighted by Crippen LogP contribution is -2.40. The highest BCUT2D eigenvalue weighted by molar-refractivity contribution is 5.94. The number of benzene rings is 1. The molecule has 1 aliphatic rings. The summed E-state index contributed by atoms with van der Waals surface area (Å²) >= 11 is 0. The third-order valence-corrected chi connectivity index (χ3v) is 3.14. The fourth-order valence-corrected chi connectivity index (χ4v) is 2.11. The molecule has 1 N–H and O–H groups in total. The number of amides is 1. The Bertz CT molecular complexity index is 473. The Labute approximate surface area is 107 Å². The molecule has 2 atom stereocenters. The van der Waals surface area contributed by atoms with E-state index in [9.17, 15) is 4.79 Å². The van der Waals surface area contributed by atoms with Gasteiger partial charge in [0.15, 0.2) is 0 Å². The van der Waals surface area contributed by atoms with Crippen LogP contribution in [-0.4, -0.2) is 24.7 Å². The van der Waals surface area contributed by atoms with Crippen LogP contribution in [0.15, 0.2) is 24.3 Å². The molecule has 1 saturated heterocycles. The molecule has 4 nitrogen and oxygen atoms in total. The van der Waals surface area contributed by atoms with E-state index in [1.807, 2.05) is 13.0 Å². The summed E-state index contributed by atoms with van der Waals surface area (Å²) in [5, 5.41) is 11.7. The molecule has 0 saturated carbocycles. The predicted molar refractivity (Wildman–Crippen MR) is 67.1 cm³/mol. The Balaban J connectivity index is 2.00. The molecule has 2 rings (SSSR count).